The van der Waals surface area contributed by atoms with E-state index in [4.69, 9.17) is 18.9 Å². The van der Waals surface area contributed by atoms with Crippen LogP contribution in [0.4, 0.5) is 5.69 Å². The molecule has 1 unspecified atom stereocenters. The average molecular weight is 580 g/mol. The Kier molecular flexibility index (Phi) is 7.81. The molecule has 1 aromatic carbocycles. The fraction of sp³-hybridized carbons (Fsp3) is 0.250. The molecule has 3 aromatic heterocycles. The number of hydrogen-bond donors (Lipinski definition) is 0. The molecule has 4 aromatic rings. The molecule has 0 amide bonds. The zero-order valence-corrected chi connectivity index (χ0v) is 23.5. The van der Waals surface area contributed by atoms with E-state index in [1.165, 1.54) is 48.0 Å². The number of carbonyl (C=O) groups excluding carboxylic acids is 1. The molecule has 1 aliphatic heterocycles. The van der Waals surface area contributed by atoms with Gasteiger partial charge in [-0.15, -0.1) is 11.3 Å². The molecule has 0 fully saturated rings. The minimum atomic E-state index is -0.653. The Hall–Kier alpha value is -4.29. The van der Waals surface area contributed by atoms with Gasteiger partial charge < -0.3 is 13.9 Å². The molecular weight excluding hydrogens is 554 g/mol. The Balaban J connectivity index is 1.64. The zero-order chi connectivity index (χ0) is 28.4. The molecule has 1 aliphatic rings. The van der Waals surface area contributed by atoms with Gasteiger partial charge in [-0.3, -0.25) is 19.5 Å². The van der Waals surface area contributed by atoms with Crippen molar-refractivity contribution in [3.8, 4) is 17.1 Å². The first-order valence-corrected chi connectivity index (χ1v) is 14.2. The van der Waals surface area contributed by atoms with Crippen molar-refractivity contribution in [2.24, 2.45) is 4.99 Å². The number of fused-ring (bicyclic) bond motifs is 1. The number of furan rings is 1. The fourth-order valence-corrected chi connectivity index (χ4v) is 6.37. The van der Waals surface area contributed by atoms with Gasteiger partial charge in [0.1, 0.15) is 23.3 Å². The molecule has 0 saturated carbocycles. The molecule has 0 spiro atoms. The largest absolute Gasteiger partial charge is 0.496 e. The second kappa shape index (κ2) is 11.4. The van der Waals surface area contributed by atoms with Gasteiger partial charge in [0.2, 0.25) is 0 Å². The monoisotopic (exact) mass is 579 g/mol. The van der Waals surface area contributed by atoms with Crippen molar-refractivity contribution in [3.05, 3.63) is 99.6 Å². The number of benzene rings is 1. The van der Waals surface area contributed by atoms with E-state index < -0.39 is 16.9 Å². The van der Waals surface area contributed by atoms with Crippen LogP contribution in [0.15, 0.2) is 73.3 Å². The smallest absolute Gasteiger partial charge is 0.338 e. The van der Waals surface area contributed by atoms with E-state index in [0.717, 1.165) is 11.3 Å². The maximum absolute atomic E-state index is 13.8. The third kappa shape index (κ3) is 5.03. The highest BCUT2D eigenvalue weighted by atomic mass is 32.1. The van der Waals surface area contributed by atoms with Gasteiger partial charge in [0, 0.05) is 23.1 Å². The fourth-order valence-electron chi connectivity index (χ4n) is 4.54. The number of nitro groups is 1. The third-order valence-corrected chi connectivity index (χ3v) is 8.17. The van der Waals surface area contributed by atoms with Crippen LogP contribution in [0.5, 0.6) is 5.75 Å². The summed E-state index contributed by atoms with van der Waals surface area (Å²) in [5, 5.41) is 13.2. The molecule has 10 nitrogen and oxygen atoms in total. The van der Waals surface area contributed by atoms with Crippen molar-refractivity contribution in [1.82, 2.24) is 4.57 Å². The van der Waals surface area contributed by atoms with Crippen molar-refractivity contribution in [2.75, 3.05) is 13.7 Å². The molecule has 0 bridgehead atoms. The van der Waals surface area contributed by atoms with E-state index in [1.54, 1.807) is 29.7 Å². The normalized spacial score (nSPS) is 15.1. The van der Waals surface area contributed by atoms with Gasteiger partial charge in [-0.05, 0) is 43.0 Å². The van der Waals surface area contributed by atoms with E-state index in [0.29, 0.717) is 49.9 Å². The predicted molar refractivity (Wildman–Crippen MR) is 151 cm³/mol. The highest BCUT2D eigenvalue weighted by molar-refractivity contribution is 7.10. The second-order valence-corrected chi connectivity index (χ2v) is 10.8. The van der Waals surface area contributed by atoms with Gasteiger partial charge in [0.15, 0.2) is 4.80 Å². The topological polar surface area (TPSA) is 126 Å². The molecule has 206 valence electrons. The summed E-state index contributed by atoms with van der Waals surface area (Å²) < 4.78 is 18.6. The highest BCUT2D eigenvalue weighted by Gasteiger charge is 2.34. The molecule has 5 rings (SSSR count). The summed E-state index contributed by atoms with van der Waals surface area (Å²) in [5.74, 6) is 0.659. The van der Waals surface area contributed by atoms with E-state index in [-0.39, 0.29) is 17.9 Å². The quantitative estimate of drug-likeness (QED) is 0.158. The first kappa shape index (κ1) is 27.3. The lowest BCUT2D eigenvalue weighted by atomic mass is 9.99. The second-order valence-electron chi connectivity index (χ2n) is 8.77. The molecule has 40 heavy (non-hydrogen) atoms. The van der Waals surface area contributed by atoms with Crippen molar-refractivity contribution in [3.63, 3.8) is 0 Å². The van der Waals surface area contributed by atoms with E-state index in [1.807, 2.05) is 24.4 Å². The number of thiazole rings is 1. The van der Waals surface area contributed by atoms with Crippen LogP contribution >= 0.6 is 22.7 Å². The van der Waals surface area contributed by atoms with Crippen molar-refractivity contribution in [1.29, 1.82) is 0 Å². The molecule has 0 radical (unpaired) electrons. The number of non-ortho nitro benzene ring substituents is 1. The summed E-state index contributed by atoms with van der Waals surface area (Å²) in [6.07, 6.45) is 2.94. The van der Waals surface area contributed by atoms with E-state index in [2.05, 4.69) is 0 Å². The molecule has 0 saturated heterocycles. The maximum Gasteiger partial charge on any atom is 0.338 e. The predicted octanol–water partition coefficient (Wildman–Crippen LogP) is 4.82. The van der Waals surface area contributed by atoms with Crippen LogP contribution in [0.1, 0.15) is 43.4 Å². The number of hydrogen-bond acceptors (Lipinski definition) is 10. The molecule has 1 atom stereocenters. The Morgan fingerprint density at radius 3 is 2.75 bits per heavy atom. The summed E-state index contributed by atoms with van der Waals surface area (Å²) >= 11 is 2.66. The Morgan fingerprint density at radius 2 is 2.08 bits per heavy atom. The van der Waals surface area contributed by atoms with Crippen LogP contribution in [0.3, 0.4) is 0 Å². The van der Waals surface area contributed by atoms with Crippen molar-refractivity contribution < 1.29 is 23.6 Å². The first-order valence-electron chi connectivity index (χ1n) is 12.5. The van der Waals surface area contributed by atoms with Gasteiger partial charge in [0.05, 0.1) is 40.0 Å². The minimum Gasteiger partial charge on any atom is -0.496 e. The molecular formula is C28H25N3O7S2. The first-order chi connectivity index (χ1) is 19.4. The van der Waals surface area contributed by atoms with Gasteiger partial charge in [0.25, 0.3) is 11.2 Å². The SMILES string of the molecule is CCCC1=C(C(=O)OCC)C(c2cccs2)n2c(s/c(=C\c3ccc(-c4cc([N+](=O)[O-])ccc4OC)o3)c2=O)=N1. The number of rotatable bonds is 9. The van der Waals surface area contributed by atoms with Gasteiger partial charge in [-0.25, -0.2) is 9.79 Å². The highest BCUT2D eigenvalue weighted by Crippen LogP contribution is 2.36. The van der Waals surface area contributed by atoms with Crippen LogP contribution in [-0.4, -0.2) is 29.2 Å². The number of nitro benzene ring substituents is 1. The summed E-state index contributed by atoms with van der Waals surface area (Å²) in [7, 11) is 1.47. The van der Waals surface area contributed by atoms with Crippen LogP contribution in [0, 0.1) is 10.1 Å². The van der Waals surface area contributed by atoms with Gasteiger partial charge >= 0.3 is 5.97 Å². The molecule has 4 heterocycles. The standard InChI is InChI=1S/C28H25N3O7S2/c1-4-7-19-24(27(33)37-5-2)25(22-8-6-13-39-22)30-26(32)23(40-28(30)29-19)15-17-10-12-21(38-17)18-14-16(31(34)35)9-11-20(18)36-3/h6,8-15,25H,4-5,7H2,1-3H3/b23-15-. The van der Waals surface area contributed by atoms with Crippen LogP contribution in [0.2, 0.25) is 0 Å². The third-order valence-electron chi connectivity index (χ3n) is 6.26. The number of esters is 1. The molecule has 12 heteroatoms. The maximum atomic E-state index is 13.8. The van der Waals surface area contributed by atoms with Gasteiger partial charge in [-0.1, -0.05) is 30.7 Å². The van der Waals surface area contributed by atoms with Gasteiger partial charge in [-0.2, -0.15) is 0 Å². The zero-order valence-electron chi connectivity index (χ0n) is 21.9. The van der Waals surface area contributed by atoms with Crippen LogP contribution in [-0.2, 0) is 9.53 Å². The van der Waals surface area contributed by atoms with Crippen molar-refractivity contribution >= 4 is 40.4 Å². The number of carbonyl (C=O) groups is 1. The van der Waals surface area contributed by atoms with Crippen LogP contribution in [0.25, 0.3) is 17.4 Å². The molecule has 0 aliphatic carbocycles. The Bertz CT molecular complexity index is 1800. The molecule has 0 N–H and O–H groups in total. The van der Waals surface area contributed by atoms with E-state index >= 15 is 0 Å². The van der Waals surface area contributed by atoms with Crippen LogP contribution < -0.4 is 19.6 Å². The number of aromatic nitrogens is 1. The Labute approximate surface area is 236 Å². The summed E-state index contributed by atoms with van der Waals surface area (Å²) in [6, 6.07) is 10.7. The lowest BCUT2D eigenvalue weighted by Gasteiger charge is -2.24. The lowest BCUT2D eigenvalue weighted by molar-refractivity contribution is -0.384. The average Bonchev–Trinajstić information content (AvgIpc) is 3.70. The van der Waals surface area contributed by atoms with Crippen molar-refractivity contribution in [2.45, 2.75) is 32.7 Å². The number of ether oxygens (including phenoxy) is 2. The summed E-state index contributed by atoms with van der Waals surface area (Å²) in [5.41, 5.74) is 0.994. The minimum absolute atomic E-state index is 0.101. The summed E-state index contributed by atoms with van der Waals surface area (Å²) in [6.45, 7) is 3.96. The summed E-state index contributed by atoms with van der Waals surface area (Å²) in [4.78, 5) is 43.8. The number of allylic oxidation sites excluding steroid dienone is 1. The Morgan fingerprint density at radius 1 is 1.25 bits per heavy atom. The van der Waals surface area contributed by atoms with E-state index in [9.17, 15) is 19.7 Å². The lowest BCUT2D eigenvalue weighted by Crippen LogP contribution is -2.39. The number of nitrogens with zero attached hydrogens (tertiary/aromatic N) is 3. The number of thiophene rings is 1. The number of methoxy groups -OCH3 is 1.